The van der Waals surface area contributed by atoms with Crippen molar-refractivity contribution in [1.29, 1.82) is 0 Å². The minimum atomic E-state index is 0.282. The average molecular weight is 239 g/mol. The van der Waals surface area contributed by atoms with E-state index in [1.165, 1.54) is 38.5 Å². The summed E-state index contributed by atoms with van der Waals surface area (Å²) in [5, 5.41) is 3.63. The van der Waals surface area contributed by atoms with Crippen molar-refractivity contribution in [1.82, 2.24) is 5.32 Å². The lowest BCUT2D eigenvalue weighted by atomic mass is 9.98. The molecule has 2 heterocycles. The molecule has 0 bridgehead atoms. The Morgan fingerprint density at radius 2 is 2.00 bits per heavy atom. The highest BCUT2D eigenvalue weighted by Gasteiger charge is 2.42. The van der Waals surface area contributed by atoms with E-state index < -0.39 is 0 Å². The Kier molecular flexibility index (Phi) is 3.42. The smallest absolute Gasteiger partial charge is 0.0708 e. The molecular weight excluding hydrogens is 214 g/mol. The van der Waals surface area contributed by atoms with Crippen LogP contribution in [0.5, 0.6) is 0 Å². The Morgan fingerprint density at radius 3 is 2.71 bits per heavy atom. The number of hydrogen-bond acceptors (Lipinski definition) is 3. The minimum absolute atomic E-state index is 0.282. The van der Waals surface area contributed by atoms with Crippen LogP contribution in [0.4, 0.5) is 0 Å². The fraction of sp³-hybridized carbons (Fsp3) is 1.00. The molecule has 0 aromatic carbocycles. The van der Waals surface area contributed by atoms with Crippen LogP contribution < -0.4 is 5.32 Å². The Labute approximate surface area is 104 Å². The minimum Gasteiger partial charge on any atom is -0.377 e. The summed E-state index contributed by atoms with van der Waals surface area (Å²) in [6.45, 7) is 4.09. The topological polar surface area (TPSA) is 30.5 Å². The van der Waals surface area contributed by atoms with E-state index in [-0.39, 0.29) is 5.60 Å². The van der Waals surface area contributed by atoms with Gasteiger partial charge in [-0.25, -0.2) is 0 Å². The van der Waals surface area contributed by atoms with E-state index in [9.17, 15) is 0 Å². The summed E-state index contributed by atoms with van der Waals surface area (Å²) in [4.78, 5) is 0. The number of hydrogen-bond donors (Lipinski definition) is 1. The molecule has 0 radical (unpaired) electrons. The van der Waals surface area contributed by atoms with Crippen molar-refractivity contribution >= 4 is 0 Å². The molecular formula is C14H25NO2. The Balaban J connectivity index is 1.44. The van der Waals surface area contributed by atoms with Gasteiger partial charge >= 0.3 is 0 Å². The van der Waals surface area contributed by atoms with Crippen LogP contribution in [0.15, 0.2) is 0 Å². The van der Waals surface area contributed by atoms with Crippen LogP contribution in [0.1, 0.15) is 51.9 Å². The fourth-order valence-corrected chi connectivity index (χ4v) is 3.71. The fourth-order valence-electron chi connectivity index (χ4n) is 3.71. The molecule has 3 atom stereocenters. The van der Waals surface area contributed by atoms with Crippen LogP contribution in [0, 0.1) is 0 Å². The summed E-state index contributed by atoms with van der Waals surface area (Å²) in [7, 11) is 0. The van der Waals surface area contributed by atoms with E-state index in [4.69, 9.17) is 9.47 Å². The summed E-state index contributed by atoms with van der Waals surface area (Å²) in [6.07, 6.45) is 9.84. The van der Waals surface area contributed by atoms with Gasteiger partial charge in [0.2, 0.25) is 0 Å². The molecule has 1 N–H and O–H groups in total. The Hall–Kier alpha value is -0.120. The lowest BCUT2D eigenvalue weighted by Gasteiger charge is -2.25. The second kappa shape index (κ2) is 4.87. The molecule has 3 unspecified atom stereocenters. The third-order valence-electron chi connectivity index (χ3n) is 4.84. The standard InChI is InChI=1S/C14H25NO2/c1-11-13(5-9-16-11)15-10-12-4-8-14(17-12)6-2-3-7-14/h11-13,15H,2-10H2,1H3. The lowest BCUT2D eigenvalue weighted by Crippen LogP contribution is -2.40. The predicted molar refractivity (Wildman–Crippen MR) is 67.1 cm³/mol. The maximum Gasteiger partial charge on any atom is 0.0708 e. The first-order chi connectivity index (χ1) is 8.27. The maximum atomic E-state index is 6.30. The van der Waals surface area contributed by atoms with E-state index in [1.54, 1.807) is 0 Å². The molecule has 2 aliphatic heterocycles. The number of rotatable bonds is 3. The van der Waals surface area contributed by atoms with Gasteiger partial charge in [0, 0.05) is 19.2 Å². The zero-order valence-electron chi connectivity index (χ0n) is 10.9. The van der Waals surface area contributed by atoms with E-state index in [0.717, 1.165) is 19.6 Å². The second-order valence-corrected chi connectivity index (χ2v) is 6.05. The highest BCUT2D eigenvalue weighted by atomic mass is 16.5. The molecule has 1 aliphatic carbocycles. The molecule has 0 aromatic heterocycles. The largest absolute Gasteiger partial charge is 0.377 e. The average Bonchev–Trinajstić information content (AvgIpc) is 3.01. The first-order valence-corrected chi connectivity index (χ1v) is 7.30. The molecule has 3 rings (SSSR count). The van der Waals surface area contributed by atoms with Gasteiger partial charge in [-0.1, -0.05) is 12.8 Å². The second-order valence-electron chi connectivity index (χ2n) is 6.05. The van der Waals surface area contributed by atoms with Crippen LogP contribution in [0.25, 0.3) is 0 Å². The number of ether oxygens (including phenoxy) is 2. The Bertz CT molecular complexity index is 263. The molecule has 3 fully saturated rings. The van der Waals surface area contributed by atoms with Crippen molar-refractivity contribution in [2.75, 3.05) is 13.2 Å². The van der Waals surface area contributed by atoms with Gasteiger partial charge in [0.25, 0.3) is 0 Å². The van der Waals surface area contributed by atoms with Crippen molar-refractivity contribution in [3.63, 3.8) is 0 Å². The van der Waals surface area contributed by atoms with Crippen LogP contribution in [0.2, 0.25) is 0 Å². The molecule has 1 spiro atoms. The van der Waals surface area contributed by atoms with Gasteiger partial charge < -0.3 is 14.8 Å². The van der Waals surface area contributed by atoms with Crippen molar-refractivity contribution in [3.05, 3.63) is 0 Å². The molecule has 98 valence electrons. The summed E-state index contributed by atoms with van der Waals surface area (Å²) in [5.41, 5.74) is 0.282. The van der Waals surface area contributed by atoms with Crippen LogP contribution in [-0.2, 0) is 9.47 Å². The third kappa shape index (κ3) is 2.51. The number of nitrogens with one attached hydrogen (secondary N) is 1. The van der Waals surface area contributed by atoms with Gasteiger partial charge in [0.15, 0.2) is 0 Å². The van der Waals surface area contributed by atoms with Crippen molar-refractivity contribution in [2.45, 2.75) is 75.7 Å². The summed E-state index contributed by atoms with van der Waals surface area (Å²) < 4.78 is 11.9. The maximum absolute atomic E-state index is 6.30. The van der Waals surface area contributed by atoms with E-state index >= 15 is 0 Å². The zero-order chi connectivity index (χ0) is 11.7. The lowest BCUT2D eigenvalue weighted by molar-refractivity contribution is -0.0364. The van der Waals surface area contributed by atoms with E-state index in [1.807, 2.05) is 0 Å². The van der Waals surface area contributed by atoms with Crippen LogP contribution >= 0.6 is 0 Å². The van der Waals surface area contributed by atoms with E-state index in [2.05, 4.69) is 12.2 Å². The molecule has 3 nitrogen and oxygen atoms in total. The molecule has 2 saturated heterocycles. The van der Waals surface area contributed by atoms with Crippen LogP contribution in [-0.4, -0.2) is 37.0 Å². The van der Waals surface area contributed by atoms with Gasteiger partial charge in [-0.15, -0.1) is 0 Å². The molecule has 17 heavy (non-hydrogen) atoms. The predicted octanol–water partition coefficient (Wildman–Crippen LogP) is 2.25. The molecule has 0 amide bonds. The van der Waals surface area contributed by atoms with Crippen molar-refractivity contribution in [3.8, 4) is 0 Å². The van der Waals surface area contributed by atoms with Gasteiger partial charge in [-0.05, 0) is 39.0 Å². The molecule has 3 heteroatoms. The highest BCUT2D eigenvalue weighted by Crippen LogP contribution is 2.43. The van der Waals surface area contributed by atoms with Gasteiger partial charge in [0.05, 0.1) is 17.8 Å². The first-order valence-electron chi connectivity index (χ1n) is 7.30. The van der Waals surface area contributed by atoms with Crippen molar-refractivity contribution in [2.24, 2.45) is 0 Å². The molecule has 1 saturated carbocycles. The molecule has 0 aromatic rings. The quantitative estimate of drug-likeness (QED) is 0.819. The summed E-state index contributed by atoms with van der Waals surface area (Å²) in [6, 6.07) is 0.540. The van der Waals surface area contributed by atoms with Gasteiger partial charge in [0.1, 0.15) is 0 Å². The first kappa shape index (κ1) is 11.9. The van der Waals surface area contributed by atoms with Gasteiger partial charge in [-0.2, -0.15) is 0 Å². The third-order valence-corrected chi connectivity index (χ3v) is 4.84. The van der Waals surface area contributed by atoms with Gasteiger partial charge in [-0.3, -0.25) is 0 Å². The van der Waals surface area contributed by atoms with Crippen LogP contribution in [0.3, 0.4) is 0 Å². The normalized spacial score (nSPS) is 40.4. The Morgan fingerprint density at radius 1 is 1.18 bits per heavy atom. The summed E-state index contributed by atoms with van der Waals surface area (Å²) >= 11 is 0. The monoisotopic (exact) mass is 239 g/mol. The molecule has 3 aliphatic rings. The van der Waals surface area contributed by atoms with E-state index in [0.29, 0.717) is 18.2 Å². The SMILES string of the molecule is CC1OCCC1NCC1CCC2(CCCC2)O1. The zero-order valence-corrected chi connectivity index (χ0v) is 10.9. The highest BCUT2D eigenvalue weighted by molar-refractivity contribution is 4.93. The van der Waals surface area contributed by atoms with Crippen molar-refractivity contribution < 1.29 is 9.47 Å². The summed E-state index contributed by atoms with van der Waals surface area (Å²) in [5.74, 6) is 0.